The molecule has 0 unspecified atom stereocenters. The molecule has 0 atom stereocenters. The lowest BCUT2D eigenvalue weighted by atomic mass is 10.2. The van der Waals surface area contributed by atoms with Gasteiger partial charge in [0.15, 0.2) is 5.13 Å². The van der Waals surface area contributed by atoms with Crippen molar-refractivity contribution in [3.63, 3.8) is 0 Å². The van der Waals surface area contributed by atoms with Crippen LogP contribution in [0.2, 0.25) is 0 Å². The Hall–Kier alpha value is -3.63. The maximum absolute atomic E-state index is 13.1. The third-order valence-electron chi connectivity index (χ3n) is 5.09. The molecule has 3 aromatic carbocycles. The number of ether oxygens (including phenoxy) is 2. The number of sulfonamides is 1. The lowest BCUT2D eigenvalue weighted by molar-refractivity contribution is 0.102. The molecular formula is C24H23N3O5S2. The van der Waals surface area contributed by atoms with Gasteiger partial charge in [0.1, 0.15) is 11.5 Å². The number of para-hydroxylation sites is 2. The van der Waals surface area contributed by atoms with Crippen LogP contribution >= 0.6 is 11.3 Å². The smallest absolute Gasteiger partial charge is 0.264 e. The number of methoxy groups -OCH3 is 1. The lowest BCUT2D eigenvalue weighted by Gasteiger charge is -2.21. The number of fused-ring (bicyclic) bond motifs is 1. The summed E-state index contributed by atoms with van der Waals surface area (Å²) in [4.78, 5) is 17.2. The van der Waals surface area contributed by atoms with Crippen LogP contribution in [0.4, 0.5) is 10.8 Å². The molecule has 0 aliphatic heterocycles. The number of carbonyl (C=O) groups is 1. The highest BCUT2D eigenvalue weighted by Crippen LogP contribution is 2.32. The van der Waals surface area contributed by atoms with E-state index in [0.717, 1.165) is 20.3 Å². The first-order valence-electron chi connectivity index (χ1n) is 10.4. The minimum absolute atomic E-state index is 0.0564. The highest BCUT2D eigenvalue weighted by Gasteiger charge is 2.24. The van der Waals surface area contributed by atoms with Crippen LogP contribution in [0.1, 0.15) is 17.3 Å². The van der Waals surface area contributed by atoms with Crippen LogP contribution in [0, 0.1) is 0 Å². The number of hydrogen-bond donors (Lipinski definition) is 1. The first-order chi connectivity index (χ1) is 16.3. The van der Waals surface area contributed by atoms with E-state index in [9.17, 15) is 13.2 Å². The third-order valence-corrected chi connectivity index (χ3v) is 7.81. The van der Waals surface area contributed by atoms with Gasteiger partial charge in [0.25, 0.3) is 15.9 Å². The Bertz CT molecular complexity index is 1430. The molecule has 1 N–H and O–H groups in total. The number of amides is 1. The molecule has 0 bridgehead atoms. The maximum atomic E-state index is 13.1. The van der Waals surface area contributed by atoms with Gasteiger partial charge in [-0.2, -0.15) is 0 Å². The molecule has 1 amide bonds. The van der Waals surface area contributed by atoms with Crippen molar-refractivity contribution in [3.8, 4) is 11.5 Å². The largest absolute Gasteiger partial charge is 0.495 e. The molecule has 34 heavy (non-hydrogen) atoms. The number of aromatic nitrogens is 1. The van der Waals surface area contributed by atoms with Crippen LogP contribution in [0.15, 0.2) is 71.6 Å². The molecule has 1 aromatic heterocycles. The highest BCUT2D eigenvalue weighted by atomic mass is 32.2. The van der Waals surface area contributed by atoms with Crippen molar-refractivity contribution in [1.82, 2.24) is 4.98 Å². The Kier molecular flexibility index (Phi) is 6.71. The predicted octanol–water partition coefficient (Wildman–Crippen LogP) is 4.78. The zero-order valence-corrected chi connectivity index (χ0v) is 20.4. The average molecular weight is 498 g/mol. The van der Waals surface area contributed by atoms with Gasteiger partial charge in [0.05, 0.1) is 34.5 Å². The molecule has 4 rings (SSSR count). The standard InChI is InChI=1S/C24H23N3O5S2/c1-4-32-17-11-14-19-22(15-17)33-24(25-19)26-23(28)16-9-12-18(13-10-16)34(29,30)27(2)20-7-5-6-8-21(20)31-3/h5-15H,4H2,1-3H3,(H,25,26,28). The van der Waals surface area contributed by atoms with E-state index in [1.165, 1.54) is 49.8 Å². The second-order valence-electron chi connectivity index (χ2n) is 7.20. The molecule has 0 saturated carbocycles. The molecule has 0 radical (unpaired) electrons. The monoisotopic (exact) mass is 497 g/mol. The molecule has 8 nitrogen and oxygen atoms in total. The summed E-state index contributed by atoms with van der Waals surface area (Å²) in [5, 5.41) is 3.22. The summed E-state index contributed by atoms with van der Waals surface area (Å²) < 4.78 is 39.0. The molecule has 1 heterocycles. The number of benzene rings is 3. The number of nitrogens with one attached hydrogen (secondary N) is 1. The number of rotatable bonds is 8. The lowest BCUT2D eigenvalue weighted by Crippen LogP contribution is -2.27. The van der Waals surface area contributed by atoms with Crippen LogP contribution in [0.3, 0.4) is 0 Å². The van der Waals surface area contributed by atoms with E-state index in [0.29, 0.717) is 28.7 Å². The summed E-state index contributed by atoms with van der Waals surface area (Å²) >= 11 is 1.34. The molecule has 176 valence electrons. The van der Waals surface area contributed by atoms with Gasteiger partial charge in [0.2, 0.25) is 0 Å². The van der Waals surface area contributed by atoms with Crippen molar-refractivity contribution < 1.29 is 22.7 Å². The maximum Gasteiger partial charge on any atom is 0.264 e. The molecule has 4 aromatic rings. The normalized spacial score (nSPS) is 11.3. The summed E-state index contributed by atoms with van der Waals surface area (Å²) in [7, 11) is -0.914. The summed E-state index contributed by atoms with van der Waals surface area (Å²) in [6.45, 7) is 2.48. The summed E-state index contributed by atoms with van der Waals surface area (Å²) in [6, 6.07) is 18.1. The first kappa shape index (κ1) is 23.5. The van der Waals surface area contributed by atoms with Crippen LogP contribution in [-0.4, -0.2) is 40.1 Å². The fraction of sp³-hybridized carbons (Fsp3) is 0.167. The summed E-state index contributed by atoms with van der Waals surface area (Å²) in [5.74, 6) is 0.798. The van der Waals surface area contributed by atoms with Crippen molar-refractivity contribution in [2.24, 2.45) is 0 Å². The summed E-state index contributed by atoms with van der Waals surface area (Å²) in [5.41, 5.74) is 1.48. The highest BCUT2D eigenvalue weighted by molar-refractivity contribution is 7.92. The van der Waals surface area contributed by atoms with E-state index in [4.69, 9.17) is 9.47 Å². The van der Waals surface area contributed by atoms with Crippen molar-refractivity contribution in [3.05, 3.63) is 72.3 Å². The fourth-order valence-corrected chi connectivity index (χ4v) is 5.44. The van der Waals surface area contributed by atoms with Gasteiger partial charge in [0, 0.05) is 12.6 Å². The van der Waals surface area contributed by atoms with Gasteiger partial charge < -0.3 is 9.47 Å². The Labute approximate surface area is 201 Å². The number of anilines is 2. The molecule has 0 saturated heterocycles. The first-order valence-corrected chi connectivity index (χ1v) is 12.7. The van der Waals surface area contributed by atoms with Gasteiger partial charge in [-0.15, -0.1) is 0 Å². The zero-order valence-electron chi connectivity index (χ0n) is 18.8. The second kappa shape index (κ2) is 9.70. The van der Waals surface area contributed by atoms with E-state index in [1.807, 2.05) is 25.1 Å². The Morgan fingerprint density at radius 3 is 2.53 bits per heavy atom. The minimum atomic E-state index is -3.85. The van der Waals surface area contributed by atoms with E-state index >= 15 is 0 Å². The minimum Gasteiger partial charge on any atom is -0.495 e. The Morgan fingerprint density at radius 1 is 1.09 bits per heavy atom. The number of thiazole rings is 1. The second-order valence-corrected chi connectivity index (χ2v) is 10.2. The third kappa shape index (κ3) is 4.68. The van der Waals surface area contributed by atoms with Gasteiger partial charge in [-0.3, -0.25) is 14.4 Å². The van der Waals surface area contributed by atoms with Crippen molar-refractivity contribution in [1.29, 1.82) is 0 Å². The van der Waals surface area contributed by atoms with E-state index in [-0.39, 0.29) is 10.8 Å². The fourth-order valence-electron chi connectivity index (χ4n) is 3.34. The van der Waals surface area contributed by atoms with Gasteiger partial charge in [-0.1, -0.05) is 23.5 Å². The molecular weight excluding hydrogens is 474 g/mol. The van der Waals surface area contributed by atoms with Crippen molar-refractivity contribution >= 4 is 48.3 Å². The quantitative estimate of drug-likeness (QED) is 0.376. The molecule has 0 aliphatic rings. The van der Waals surface area contributed by atoms with Gasteiger partial charge in [-0.25, -0.2) is 13.4 Å². The number of carbonyl (C=O) groups excluding carboxylic acids is 1. The predicted molar refractivity (Wildman–Crippen MR) is 134 cm³/mol. The van der Waals surface area contributed by atoms with E-state index in [1.54, 1.807) is 24.3 Å². The van der Waals surface area contributed by atoms with Gasteiger partial charge in [-0.05, 0) is 61.5 Å². The molecule has 0 aliphatic carbocycles. The number of nitrogens with zero attached hydrogens (tertiary/aromatic N) is 2. The SMILES string of the molecule is CCOc1ccc2nc(NC(=O)c3ccc(S(=O)(=O)N(C)c4ccccc4OC)cc3)sc2c1. The van der Waals surface area contributed by atoms with Crippen LogP contribution in [0.5, 0.6) is 11.5 Å². The summed E-state index contributed by atoms with van der Waals surface area (Å²) in [6.07, 6.45) is 0. The van der Waals surface area contributed by atoms with Crippen molar-refractivity contribution in [2.75, 3.05) is 30.4 Å². The zero-order chi connectivity index (χ0) is 24.3. The Morgan fingerprint density at radius 2 is 1.82 bits per heavy atom. The van der Waals surface area contributed by atoms with E-state index in [2.05, 4.69) is 10.3 Å². The van der Waals surface area contributed by atoms with Crippen LogP contribution < -0.4 is 19.1 Å². The molecule has 10 heteroatoms. The average Bonchev–Trinajstić information content (AvgIpc) is 3.25. The van der Waals surface area contributed by atoms with Crippen LogP contribution in [0.25, 0.3) is 10.2 Å². The Balaban J connectivity index is 1.51. The topological polar surface area (TPSA) is 97.8 Å². The molecule has 0 spiro atoms. The van der Waals surface area contributed by atoms with Gasteiger partial charge >= 0.3 is 0 Å². The van der Waals surface area contributed by atoms with Crippen molar-refractivity contribution in [2.45, 2.75) is 11.8 Å². The molecule has 0 fully saturated rings. The number of hydrogen-bond acceptors (Lipinski definition) is 7. The van der Waals surface area contributed by atoms with E-state index < -0.39 is 10.0 Å². The van der Waals surface area contributed by atoms with Crippen LogP contribution in [-0.2, 0) is 10.0 Å².